The number of halogens is 2. The molecular formula is C11H12F2N2OS. The molecule has 1 aromatic carbocycles. The van der Waals surface area contributed by atoms with Gasteiger partial charge in [-0.2, -0.15) is 0 Å². The first-order valence-electron chi connectivity index (χ1n) is 4.90. The molecule has 6 heteroatoms. The van der Waals surface area contributed by atoms with E-state index < -0.39 is 17.5 Å². The Kier molecular flexibility index (Phi) is 4.51. The summed E-state index contributed by atoms with van der Waals surface area (Å²) >= 11 is 4.68. The van der Waals surface area contributed by atoms with Crippen molar-refractivity contribution in [1.29, 1.82) is 0 Å². The van der Waals surface area contributed by atoms with Crippen LogP contribution in [0.25, 0.3) is 0 Å². The number of hydrogen-bond donors (Lipinski definition) is 1. The van der Waals surface area contributed by atoms with E-state index in [-0.39, 0.29) is 10.6 Å². The second-order valence-corrected chi connectivity index (χ2v) is 4.13. The molecule has 0 aliphatic heterocycles. The van der Waals surface area contributed by atoms with Crippen LogP contribution in [0, 0.1) is 11.6 Å². The lowest BCUT2D eigenvalue weighted by molar-refractivity contribution is 0.0798. The lowest BCUT2D eigenvalue weighted by Gasteiger charge is -2.16. The second-order valence-electron chi connectivity index (χ2n) is 3.60. The van der Waals surface area contributed by atoms with Gasteiger partial charge in [-0.3, -0.25) is 4.79 Å². The molecule has 0 unspecified atom stereocenters. The Labute approximate surface area is 103 Å². The largest absolute Gasteiger partial charge is 0.393 e. The summed E-state index contributed by atoms with van der Waals surface area (Å²) in [4.78, 5) is 13.4. The predicted molar refractivity (Wildman–Crippen MR) is 64.7 cm³/mol. The van der Waals surface area contributed by atoms with Gasteiger partial charge in [0, 0.05) is 31.6 Å². The van der Waals surface area contributed by atoms with Crippen LogP contribution in [0.2, 0.25) is 0 Å². The summed E-state index contributed by atoms with van der Waals surface area (Å²) in [7, 11) is 1.52. The van der Waals surface area contributed by atoms with Gasteiger partial charge in [0.1, 0.15) is 11.6 Å². The van der Waals surface area contributed by atoms with Crippen LogP contribution >= 0.6 is 12.2 Å². The second kappa shape index (κ2) is 5.67. The maximum Gasteiger partial charge on any atom is 0.253 e. The zero-order valence-corrected chi connectivity index (χ0v) is 10.1. The average molecular weight is 258 g/mol. The Bertz CT molecular complexity index is 431. The van der Waals surface area contributed by atoms with Crippen LogP contribution < -0.4 is 5.73 Å². The van der Waals surface area contributed by atoms with Crippen LogP contribution in [0.5, 0.6) is 0 Å². The highest BCUT2D eigenvalue weighted by molar-refractivity contribution is 7.80. The first kappa shape index (κ1) is 13.5. The quantitative estimate of drug-likeness (QED) is 0.836. The van der Waals surface area contributed by atoms with Crippen LogP contribution in [0.3, 0.4) is 0 Å². The van der Waals surface area contributed by atoms with Gasteiger partial charge in [-0.1, -0.05) is 12.2 Å². The standard InChI is InChI=1S/C11H12F2N2OS/c1-15(3-2-10(14)17)11(16)7-4-8(12)6-9(13)5-7/h4-6H,2-3H2,1H3,(H2,14,17). The number of amides is 1. The third-order valence-corrected chi connectivity index (χ3v) is 2.35. The van der Waals surface area contributed by atoms with Gasteiger partial charge >= 0.3 is 0 Å². The van der Waals surface area contributed by atoms with Gasteiger partial charge in [-0.25, -0.2) is 8.78 Å². The fourth-order valence-corrected chi connectivity index (χ4v) is 1.37. The van der Waals surface area contributed by atoms with Crippen molar-refractivity contribution in [2.24, 2.45) is 5.73 Å². The highest BCUT2D eigenvalue weighted by atomic mass is 32.1. The fourth-order valence-electron chi connectivity index (χ4n) is 1.28. The van der Waals surface area contributed by atoms with Crippen molar-refractivity contribution in [1.82, 2.24) is 4.90 Å². The van der Waals surface area contributed by atoms with E-state index in [0.29, 0.717) is 19.0 Å². The molecule has 0 spiro atoms. The molecule has 3 nitrogen and oxygen atoms in total. The molecule has 92 valence electrons. The summed E-state index contributed by atoms with van der Waals surface area (Å²) in [6.45, 7) is 0.312. The smallest absolute Gasteiger partial charge is 0.253 e. The fraction of sp³-hybridized carbons (Fsp3) is 0.273. The van der Waals surface area contributed by atoms with E-state index in [0.717, 1.165) is 12.1 Å². The molecule has 2 N–H and O–H groups in total. The van der Waals surface area contributed by atoms with Crippen LogP contribution in [-0.2, 0) is 0 Å². The number of rotatable bonds is 4. The lowest BCUT2D eigenvalue weighted by atomic mass is 10.2. The zero-order valence-electron chi connectivity index (χ0n) is 9.24. The molecule has 0 heterocycles. The molecule has 0 fully saturated rings. The predicted octanol–water partition coefficient (Wildman–Crippen LogP) is 1.71. The van der Waals surface area contributed by atoms with Gasteiger partial charge in [-0.05, 0) is 12.1 Å². The van der Waals surface area contributed by atoms with Crippen molar-refractivity contribution in [2.75, 3.05) is 13.6 Å². The van der Waals surface area contributed by atoms with Crippen LogP contribution in [0.15, 0.2) is 18.2 Å². The summed E-state index contributed by atoms with van der Waals surface area (Å²) < 4.78 is 25.8. The van der Waals surface area contributed by atoms with Crippen molar-refractivity contribution in [2.45, 2.75) is 6.42 Å². The first-order chi connectivity index (χ1) is 7.90. The van der Waals surface area contributed by atoms with E-state index >= 15 is 0 Å². The molecular weight excluding hydrogens is 246 g/mol. The Morgan fingerprint density at radius 2 is 1.88 bits per heavy atom. The number of nitrogens with two attached hydrogens (primary N) is 1. The van der Waals surface area contributed by atoms with E-state index in [9.17, 15) is 13.6 Å². The normalized spacial score (nSPS) is 10.1. The molecule has 0 aliphatic rings. The molecule has 0 saturated heterocycles. The van der Waals surface area contributed by atoms with Gasteiger partial charge in [-0.15, -0.1) is 0 Å². The van der Waals surface area contributed by atoms with Crippen molar-refractivity contribution >= 4 is 23.1 Å². The maximum atomic E-state index is 12.9. The minimum atomic E-state index is -0.781. The maximum absolute atomic E-state index is 12.9. The third kappa shape index (κ3) is 4.07. The van der Waals surface area contributed by atoms with Gasteiger partial charge in [0.15, 0.2) is 0 Å². The van der Waals surface area contributed by atoms with Crippen LogP contribution in [0.4, 0.5) is 8.78 Å². The molecule has 0 aliphatic carbocycles. The monoisotopic (exact) mass is 258 g/mol. The Morgan fingerprint density at radius 1 is 1.35 bits per heavy atom. The summed E-state index contributed by atoms with van der Waals surface area (Å²) in [6, 6.07) is 2.69. The topological polar surface area (TPSA) is 46.3 Å². The number of thiocarbonyl (C=S) groups is 1. The van der Waals surface area contributed by atoms with E-state index in [1.165, 1.54) is 11.9 Å². The molecule has 17 heavy (non-hydrogen) atoms. The Morgan fingerprint density at radius 3 is 2.35 bits per heavy atom. The Hall–Kier alpha value is -1.56. The van der Waals surface area contributed by atoms with Gasteiger partial charge in [0.2, 0.25) is 0 Å². The molecule has 1 rings (SSSR count). The number of benzene rings is 1. The number of nitrogens with zero attached hydrogens (tertiary/aromatic N) is 1. The average Bonchev–Trinajstić information content (AvgIpc) is 2.23. The van der Waals surface area contributed by atoms with Gasteiger partial charge in [0.25, 0.3) is 5.91 Å². The van der Waals surface area contributed by atoms with Crippen LogP contribution in [0.1, 0.15) is 16.8 Å². The lowest BCUT2D eigenvalue weighted by Crippen LogP contribution is -2.30. The number of hydrogen-bond acceptors (Lipinski definition) is 2. The molecule has 0 saturated carbocycles. The molecule has 1 aromatic rings. The SMILES string of the molecule is CN(CCC(N)=S)C(=O)c1cc(F)cc(F)c1. The molecule has 0 bridgehead atoms. The Balaban J connectivity index is 2.77. The van der Waals surface area contributed by atoms with Crippen molar-refractivity contribution in [3.8, 4) is 0 Å². The highest BCUT2D eigenvalue weighted by Gasteiger charge is 2.13. The zero-order chi connectivity index (χ0) is 13.0. The van der Waals surface area contributed by atoms with E-state index in [1.807, 2.05) is 0 Å². The van der Waals surface area contributed by atoms with Crippen molar-refractivity contribution in [3.05, 3.63) is 35.4 Å². The minimum absolute atomic E-state index is 0.0343. The summed E-state index contributed by atoms with van der Waals surface area (Å²) in [5, 5.41) is 0. The van der Waals surface area contributed by atoms with Gasteiger partial charge in [0.05, 0.1) is 4.99 Å². The van der Waals surface area contributed by atoms with E-state index in [1.54, 1.807) is 0 Å². The molecule has 1 amide bonds. The van der Waals surface area contributed by atoms with E-state index in [4.69, 9.17) is 5.73 Å². The number of carbonyl (C=O) groups is 1. The van der Waals surface area contributed by atoms with Crippen molar-refractivity contribution in [3.63, 3.8) is 0 Å². The number of carbonyl (C=O) groups excluding carboxylic acids is 1. The van der Waals surface area contributed by atoms with Crippen LogP contribution in [-0.4, -0.2) is 29.4 Å². The third-order valence-electron chi connectivity index (χ3n) is 2.15. The van der Waals surface area contributed by atoms with Gasteiger partial charge < -0.3 is 10.6 Å². The molecule has 0 radical (unpaired) electrons. The summed E-state index contributed by atoms with van der Waals surface area (Å²) in [5.74, 6) is -2.04. The summed E-state index contributed by atoms with van der Waals surface area (Å²) in [6.07, 6.45) is 0.370. The van der Waals surface area contributed by atoms with E-state index in [2.05, 4.69) is 12.2 Å². The van der Waals surface area contributed by atoms with Crippen molar-refractivity contribution < 1.29 is 13.6 Å². The molecule has 0 aromatic heterocycles. The molecule has 0 atom stereocenters. The summed E-state index contributed by atoms with van der Waals surface area (Å²) in [5.41, 5.74) is 5.27. The minimum Gasteiger partial charge on any atom is -0.393 e. The first-order valence-corrected chi connectivity index (χ1v) is 5.31. The highest BCUT2D eigenvalue weighted by Crippen LogP contribution is 2.10.